The van der Waals surface area contributed by atoms with Gasteiger partial charge in [-0.1, -0.05) is 46.4 Å². The molecule has 0 rings (SSSR count). The zero-order chi connectivity index (χ0) is 23.2. The van der Waals surface area contributed by atoms with E-state index in [1.54, 1.807) is 13.8 Å². The van der Waals surface area contributed by atoms with E-state index in [9.17, 15) is 19.2 Å². The minimum Gasteiger partial charge on any atom is -0.477 e. The summed E-state index contributed by atoms with van der Waals surface area (Å²) in [5, 5.41) is 8.18. The SMILES string of the molecule is C=C(C(=O)O)C(=O)OCC.C=C(C)C(=O)OCCCC.C=CC(=O)OCCCC. The number of rotatable bonds is 11. The molecule has 0 fully saturated rings. The maximum Gasteiger partial charge on any atom is 0.344 e. The minimum atomic E-state index is -1.35. The van der Waals surface area contributed by atoms with Crippen LogP contribution in [0.15, 0.2) is 37.0 Å². The lowest BCUT2D eigenvalue weighted by Crippen LogP contribution is -2.13. The van der Waals surface area contributed by atoms with E-state index in [4.69, 9.17) is 9.84 Å². The van der Waals surface area contributed by atoms with E-state index in [0.29, 0.717) is 18.8 Å². The van der Waals surface area contributed by atoms with Crippen molar-refractivity contribution in [2.24, 2.45) is 0 Å². The Labute approximate surface area is 173 Å². The lowest BCUT2D eigenvalue weighted by Gasteiger charge is -2.01. The topological polar surface area (TPSA) is 116 Å². The van der Waals surface area contributed by atoms with Crippen molar-refractivity contribution in [1.29, 1.82) is 0 Å². The Bertz CT molecular complexity index is 549. The van der Waals surface area contributed by atoms with Gasteiger partial charge in [-0.05, 0) is 26.7 Å². The molecule has 0 spiro atoms. The van der Waals surface area contributed by atoms with Gasteiger partial charge in [0.2, 0.25) is 0 Å². The highest BCUT2D eigenvalue weighted by Crippen LogP contribution is 1.95. The second-order valence-electron chi connectivity index (χ2n) is 5.50. The molecule has 8 heteroatoms. The average Bonchev–Trinajstić information content (AvgIpc) is 2.68. The Kier molecular flexibility index (Phi) is 22.7. The summed E-state index contributed by atoms with van der Waals surface area (Å²) in [4.78, 5) is 41.5. The summed E-state index contributed by atoms with van der Waals surface area (Å²) in [5.74, 6) is -2.84. The number of hydrogen-bond donors (Lipinski definition) is 1. The maximum absolute atomic E-state index is 10.7. The van der Waals surface area contributed by atoms with Crippen LogP contribution in [0.4, 0.5) is 0 Å². The molecule has 0 atom stereocenters. The predicted octanol–water partition coefficient (Wildman–Crippen LogP) is 3.61. The number of carbonyl (C=O) groups excluding carboxylic acids is 3. The molecule has 0 aliphatic rings. The molecular formula is C21H34O8. The molecule has 0 unspecified atom stereocenters. The highest BCUT2D eigenvalue weighted by molar-refractivity contribution is 6.12. The maximum atomic E-state index is 10.7. The van der Waals surface area contributed by atoms with Crippen molar-refractivity contribution in [2.45, 2.75) is 53.4 Å². The lowest BCUT2D eigenvalue weighted by molar-refractivity contribution is -0.144. The summed E-state index contributed by atoms with van der Waals surface area (Å²) in [6.07, 6.45) is 5.13. The van der Waals surface area contributed by atoms with Crippen molar-refractivity contribution in [3.8, 4) is 0 Å². The van der Waals surface area contributed by atoms with E-state index >= 15 is 0 Å². The summed E-state index contributed by atoms with van der Waals surface area (Å²) < 4.78 is 13.8. The number of esters is 3. The Morgan fingerprint density at radius 1 is 0.862 bits per heavy atom. The Morgan fingerprint density at radius 2 is 1.34 bits per heavy atom. The van der Waals surface area contributed by atoms with Crippen molar-refractivity contribution in [1.82, 2.24) is 0 Å². The molecule has 29 heavy (non-hydrogen) atoms. The van der Waals surface area contributed by atoms with E-state index in [1.807, 2.05) is 6.92 Å². The monoisotopic (exact) mass is 414 g/mol. The predicted molar refractivity (Wildman–Crippen MR) is 110 cm³/mol. The van der Waals surface area contributed by atoms with Crippen molar-refractivity contribution >= 4 is 23.9 Å². The van der Waals surface area contributed by atoms with Gasteiger partial charge in [-0.25, -0.2) is 19.2 Å². The fourth-order valence-electron chi connectivity index (χ4n) is 1.11. The number of unbranched alkanes of at least 4 members (excludes halogenated alkanes) is 2. The average molecular weight is 414 g/mol. The normalized spacial score (nSPS) is 8.69. The van der Waals surface area contributed by atoms with Gasteiger partial charge in [0, 0.05) is 11.6 Å². The fourth-order valence-corrected chi connectivity index (χ4v) is 1.11. The van der Waals surface area contributed by atoms with E-state index < -0.39 is 17.5 Å². The van der Waals surface area contributed by atoms with E-state index in [1.165, 1.54) is 6.08 Å². The largest absolute Gasteiger partial charge is 0.477 e. The van der Waals surface area contributed by atoms with Gasteiger partial charge >= 0.3 is 23.9 Å². The van der Waals surface area contributed by atoms with Crippen LogP contribution in [0.1, 0.15) is 53.4 Å². The standard InChI is InChI=1S/C8H14O2.C7H12O2.C6H8O4/c1-4-5-6-10-8(9)7(2)3;1-3-5-6-9-7(8)4-2;1-3-10-6(9)4(2)5(7)8/h2,4-6H2,1,3H3;4H,2-3,5-6H2,1H3;2-3H2,1H3,(H,7,8). The summed E-state index contributed by atoms with van der Waals surface area (Å²) in [7, 11) is 0. The van der Waals surface area contributed by atoms with Crippen LogP contribution in [-0.2, 0) is 33.4 Å². The number of ether oxygens (including phenoxy) is 3. The lowest BCUT2D eigenvalue weighted by atomic mass is 10.3. The molecule has 0 aliphatic carbocycles. The molecule has 0 saturated carbocycles. The molecule has 0 amide bonds. The summed E-state index contributed by atoms with van der Waals surface area (Å²) in [6.45, 7) is 18.2. The molecular weight excluding hydrogens is 380 g/mol. The van der Waals surface area contributed by atoms with Crippen LogP contribution in [0.5, 0.6) is 0 Å². The summed E-state index contributed by atoms with van der Waals surface area (Å²) >= 11 is 0. The summed E-state index contributed by atoms with van der Waals surface area (Å²) in [6, 6.07) is 0. The molecule has 0 bridgehead atoms. The van der Waals surface area contributed by atoms with Crippen molar-refractivity contribution < 1.29 is 38.5 Å². The molecule has 0 aromatic rings. The third-order valence-corrected chi connectivity index (χ3v) is 2.77. The first-order valence-electron chi connectivity index (χ1n) is 9.29. The minimum absolute atomic E-state index is 0.158. The Hall–Kier alpha value is -2.90. The number of aliphatic carboxylic acids is 1. The van der Waals surface area contributed by atoms with Gasteiger partial charge < -0.3 is 19.3 Å². The molecule has 0 saturated heterocycles. The fraction of sp³-hybridized carbons (Fsp3) is 0.524. The number of carboxylic acids is 1. The zero-order valence-electron chi connectivity index (χ0n) is 18.0. The van der Waals surface area contributed by atoms with Gasteiger partial charge in [-0.2, -0.15) is 0 Å². The Morgan fingerprint density at radius 3 is 1.69 bits per heavy atom. The first-order valence-corrected chi connectivity index (χ1v) is 9.29. The third-order valence-electron chi connectivity index (χ3n) is 2.77. The van der Waals surface area contributed by atoms with Crippen LogP contribution in [0, 0.1) is 0 Å². The van der Waals surface area contributed by atoms with Crippen LogP contribution in [0.2, 0.25) is 0 Å². The highest BCUT2D eigenvalue weighted by atomic mass is 16.5. The van der Waals surface area contributed by atoms with Gasteiger partial charge in [-0.3, -0.25) is 0 Å². The molecule has 0 heterocycles. The quantitative estimate of drug-likeness (QED) is 0.136. The highest BCUT2D eigenvalue weighted by Gasteiger charge is 2.14. The summed E-state index contributed by atoms with van der Waals surface area (Å²) in [5.41, 5.74) is -0.0713. The first kappa shape index (κ1) is 30.8. The van der Waals surface area contributed by atoms with Crippen LogP contribution in [0.25, 0.3) is 0 Å². The van der Waals surface area contributed by atoms with Gasteiger partial charge in [0.15, 0.2) is 0 Å². The second kappa shape index (κ2) is 21.4. The zero-order valence-corrected chi connectivity index (χ0v) is 18.0. The molecule has 0 aromatic carbocycles. The number of carbonyl (C=O) groups is 4. The van der Waals surface area contributed by atoms with Crippen molar-refractivity contribution in [3.05, 3.63) is 37.0 Å². The van der Waals surface area contributed by atoms with Gasteiger partial charge in [0.05, 0.1) is 19.8 Å². The molecule has 0 aromatic heterocycles. The Balaban J connectivity index is -0.000000350. The van der Waals surface area contributed by atoms with Gasteiger partial charge in [0.1, 0.15) is 5.57 Å². The van der Waals surface area contributed by atoms with E-state index in [0.717, 1.165) is 25.7 Å². The van der Waals surface area contributed by atoms with Gasteiger partial charge in [0.25, 0.3) is 0 Å². The van der Waals surface area contributed by atoms with Crippen LogP contribution < -0.4 is 0 Å². The van der Waals surface area contributed by atoms with Crippen LogP contribution in [0.3, 0.4) is 0 Å². The van der Waals surface area contributed by atoms with E-state index in [-0.39, 0.29) is 18.5 Å². The van der Waals surface area contributed by atoms with Crippen LogP contribution in [-0.4, -0.2) is 48.8 Å². The van der Waals surface area contributed by atoms with Gasteiger partial charge in [-0.15, -0.1) is 0 Å². The smallest absolute Gasteiger partial charge is 0.344 e. The van der Waals surface area contributed by atoms with E-state index in [2.05, 4.69) is 36.1 Å². The molecule has 0 aliphatic heterocycles. The number of carboxylic acid groups (broad SMARTS) is 1. The molecule has 8 nitrogen and oxygen atoms in total. The second-order valence-corrected chi connectivity index (χ2v) is 5.50. The molecule has 1 N–H and O–H groups in total. The first-order chi connectivity index (χ1) is 13.6. The third kappa shape index (κ3) is 23.1. The molecule has 0 radical (unpaired) electrons. The van der Waals surface area contributed by atoms with Crippen molar-refractivity contribution in [2.75, 3.05) is 19.8 Å². The van der Waals surface area contributed by atoms with Crippen molar-refractivity contribution in [3.63, 3.8) is 0 Å². The molecule has 166 valence electrons. The van der Waals surface area contributed by atoms with Crippen LogP contribution >= 0.6 is 0 Å². The number of hydrogen-bond acceptors (Lipinski definition) is 7.